The quantitative estimate of drug-likeness (QED) is 0.0929. The second-order valence-electron chi connectivity index (χ2n) is 12.2. The summed E-state index contributed by atoms with van der Waals surface area (Å²) < 4.78 is 63.3. The molecule has 47 heavy (non-hydrogen) atoms. The van der Waals surface area contributed by atoms with Crippen molar-refractivity contribution in [3.05, 3.63) is 105 Å². The third-order valence-electron chi connectivity index (χ3n) is 8.45. The summed E-state index contributed by atoms with van der Waals surface area (Å²) in [6.45, 7) is 6.81. The van der Waals surface area contributed by atoms with Crippen LogP contribution >= 0.6 is 23.4 Å². The van der Waals surface area contributed by atoms with Gasteiger partial charge in [0.05, 0.1) is 37.8 Å². The highest BCUT2D eigenvalue weighted by atomic mass is 35.5. The molecule has 0 bridgehead atoms. The predicted molar refractivity (Wildman–Crippen MR) is 181 cm³/mol. The maximum Gasteiger partial charge on any atom is 0.173 e. The highest BCUT2D eigenvalue weighted by Gasteiger charge is 2.39. The van der Waals surface area contributed by atoms with Gasteiger partial charge in [-0.05, 0) is 101 Å². The van der Waals surface area contributed by atoms with Crippen LogP contribution in [0.2, 0.25) is 5.02 Å². The van der Waals surface area contributed by atoms with Crippen molar-refractivity contribution in [2.45, 2.75) is 49.4 Å². The zero-order valence-electron chi connectivity index (χ0n) is 27.3. The molecule has 0 radical (unpaired) electrons. The first-order chi connectivity index (χ1) is 22.6. The lowest BCUT2D eigenvalue weighted by molar-refractivity contribution is 0.0320. The van der Waals surface area contributed by atoms with Crippen LogP contribution in [0.3, 0.4) is 0 Å². The van der Waals surface area contributed by atoms with E-state index in [1.54, 1.807) is 12.1 Å². The number of rotatable bonds is 15. The van der Waals surface area contributed by atoms with Gasteiger partial charge >= 0.3 is 0 Å². The topological polar surface area (TPSA) is 48.8 Å². The van der Waals surface area contributed by atoms with E-state index >= 15 is 8.78 Å². The molecule has 0 N–H and O–H groups in total. The van der Waals surface area contributed by atoms with E-state index in [4.69, 9.17) is 30.8 Å². The Bertz CT molecular complexity index is 1670. The van der Waals surface area contributed by atoms with E-state index in [9.17, 15) is 4.39 Å². The molecule has 0 fully saturated rings. The number of aromatic nitrogens is 2. The summed E-state index contributed by atoms with van der Waals surface area (Å²) in [5, 5.41) is 1.27. The lowest BCUT2D eigenvalue weighted by Crippen LogP contribution is -2.31. The zero-order chi connectivity index (χ0) is 33.6. The third kappa shape index (κ3) is 8.35. The van der Waals surface area contributed by atoms with Gasteiger partial charge in [-0.2, -0.15) is 0 Å². The maximum atomic E-state index is 15.6. The fourth-order valence-corrected chi connectivity index (χ4v) is 7.00. The van der Waals surface area contributed by atoms with Gasteiger partial charge < -0.3 is 19.1 Å². The molecule has 5 rings (SSSR count). The van der Waals surface area contributed by atoms with E-state index in [1.807, 2.05) is 42.6 Å². The van der Waals surface area contributed by atoms with Crippen molar-refractivity contribution in [1.82, 2.24) is 14.5 Å². The van der Waals surface area contributed by atoms with Gasteiger partial charge in [0.1, 0.15) is 18.2 Å². The number of aryl methyl sites for hydroxylation is 2. The van der Waals surface area contributed by atoms with Crippen molar-refractivity contribution in [2.24, 2.45) is 0 Å². The molecular formula is C36H41ClF3N3O3S. The van der Waals surface area contributed by atoms with Crippen LogP contribution in [0.15, 0.2) is 59.8 Å². The number of benzene rings is 3. The van der Waals surface area contributed by atoms with Gasteiger partial charge in [-0.15, -0.1) is 0 Å². The van der Waals surface area contributed by atoms with Gasteiger partial charge in [-0.25, -0.2) is 18.2 Å². The van der Waals surface area contributed by atoms with Crippen molar-refractivity contribution in [2.75, 3.05) is 53.7 Å². The van der Waals surface area contributed by atoms with E-state index in [2.05, 4.69) is 13.0 Å². The van der Waals surface area contributed by atoms with Crippen molar-refractivity contribution in [1.29, 1.82) is 0 Å². The summed E-state index contributed by atoms with van der Waals surface area (Å²) >= 11 is 7.61. The number of ether oxygens (including phenoxy) is 3. The highest BCUT2D eigenvalue weighted by molar-refractivity contribution is 7.98. The smallest absolute Gasteiger partial charge is 0.173 e. The fourth-order valence-electron chi connectivity index (χ4n) is 5.84. The molecule has 11 heteroatoms. The maximum absolute atomic E-state index is 15.6. The summed E-state index contributed by atoms with van der Waals surface area (Å²) in [6, 6.07) is 14.8. The molecule has 0 saturated heterocycles. The van der Waals surface area contributed by atoms with Crippen LogP contribution in [-0.2, 0) is 27.1 Å². The molecule has 1 aromatic heterocycles. The van der Waals surface area contributed by atoms with Crippen LogP contribution in [0.4, 0.5) is 13.2 Å². The Morgan fingerprint density at radius 1 is 0.957 bits per heavy atom. The zero-order valence-corrected chi connectivity index (χ0v) is 28.8. The standard InChI is InChI=1S/C36H41ClF3N3O3S/c1-24-22-25(7-12-29(24)37)36(2)15-5-6-31-34(36)43(27-10-8-26(38)9-11-27)35(41-31)47-23-28-30(39)13-14-32(33(28)40)46-21-20-45-19-18-44-17-16-42(3)4/h7-14,22H,5-6,15-21,23H2,1-4H3. The van der Waals surface area contributed by atoms with Gasteiger partial charge in [0.25, 0.3) is 0 Å². The predicted octanol–water partition coefficient (Wildman–Crippen LogP) is 8.16. The molecule has 1 aliphatic carbocycles. The largest absolute Gasteiger partial charge is 0.488 e. The molecule has 0 amide bonds. The Labute approximate surface area is 284 Å². The second-order valence-corrected chi connectivity index (χ2v) is 13.5. The summed E-state index contributed by atoms with van der Waals surface area (Å²) in [7, 11) is 3.95. The number of likely N-dealkylation sites (N-methyl/N-ethyl adjacent to an activating group) is 1. The Morgan fingerprint density at radius 3 is 2.40 bits per heavy atom. The molecule has 0 saturated carbocycles. The lowest BCUT2D eigenvalue weighted by atomic mass is 9.71. The summed E-state index contributed by atoms with van der Waals surface area (Å²) in [5.74, 6) is -1.84. The molecule has 1 unspecified atom stereocenters. The Kier molecular flexibility index (Phi) is 12.0. The van der Waals surface area contributed by atoms with Gasteiger partial charge in [-0.3, -0.25) is 4.57 Å². The Hall–Kier alpha value is -3.02. The van der Waals surface area contributed by atoms with Crippen molar-refractivity contribution >= 4 is 23.4 Å². The first-order valence-electron chi connectivity index (χ1n) is 15.8. The number of halogens is 4. The number of thioether (sulfide) groups is 1. The third-order valence-corrected chi connectivity index (χ3v) is 9.84. The van der Waals surface area contributed by atoms with Gasteiger partial charge in [0.15, 0.2) is 16.7 Å². The summed E-state index contributed by atoms with van der Waals surface area (Å²) in [4.78, 5) is 7.05. The average Bonchev–Trinajstić information content (AvgIpc) is 3.42. The molecule has 1 aliphatic rings. The van der Waals surface area contributed by atoms with Crippen molar-refractivity contribution in [3.63, 3.8) is 0 Å². The van der Waals surface area contributed by atoms with E-state index in [1.165, 1.54) is 36.0 Å². The lowest BCUT2D eigenvalue weighted by Gasteiger charge is -2.36. The van der Waals surface area contributed by atoms with Crippen molar-refractivity contribution < 1.29 is 27.4 Å². The SMILES string of the molecule is Cc1cc(C2(C)CCCc3nc(SCc4c(F)ccc(OCCOCCOCCN(C)C)c4F)n(-c4ccc(F)cc4)c32)ccc1Cl. The number of hydrogen-bond donors (Lipinski definition) is 0. The molecule has 252 valence electrons. The molecule has 4 aromatic rings. The van der Waals surface area contributed by atoms with Crippen LogP contribution < -0.4 is 4.74 Å². The number of fused-ring (bicyclic) bond motifs is 1. The van der Waals surface area contributed by atoms with Crippen LogP contribution in [0.5, 0.6) is 5.75 Å². The van der Waals surface area contributed by atoms with Crippen LogP contribution in [-0.4, -0.2) is 68.1 Å². The molecule has 1 atom stereocenters. The molecule has 6 nitrogen and oxygen atoms in total. The second kappa shape index (κ2) is 15.9. The van der Waals surface area contributed by atoms with Crippen LogP contribution in [0, 0.1) is 24.4 Å². The normalized spacial score (nSPS) is 16.1. The van der Waals surface area contributed by atoms with E-state index in [-0.39, 0.29) is 36.1 Å². The van der Waals surface area contributed by atoms with Crippen LogP contribution in [0.25, 0.3) is 5.69 Å². The first kappa shape index (κ1) is 35.3. The van der Waals surface area contributed by atoms with Crippen molar-refractivity contribution in [3.8, 4) is 11.4 Å². The Morgan fingerprint density at radius 2 is 1.68 bits per heavy atom. The van der Waals surface area contributed by atoms with Gasteiger partial charge in [-0.1, -0.05) is 35.5 Å². The average molecular weight is 688 g/mol. The van der Waals surface area contributed by atoms with E-state index < -0.39 is 17.0 Å². The number of imidazole rings is 1. The minimum atomic E-state index is -0.754. The highest BCUT2D eigenvalue weighted by Crippen LogP contribution is 2.46. The van der Waals surface area contributed by atoms with E-state index in [0.717, 1.165) is 54.0 Å². The molecule has 0 aliphatic heterocycles. The van der Waals surface area contributed by atoms with Gasteiger partial charge in [0.2, 0.25) is 0 Å². The molecule has 3 aromatic carbocycles. The fraction of sp³-hybridized carbons (Fsp3) is 0.417. The minimum Gasteiger partial charge on any atom is -0.488 e. The molecule has 0 spiro atoms. The summed E-state index contributed by atoms with van der Waals surface area (Å²) in [6.07, 6.45) is 2.55. The Balaban J connectivity index is 1.35. The molecule has 1 heterocycles. The first-order valence-corrected chi connectivity index (χ1v) is 17.1. The van der Waals surface area contributed by atoms with E-state index in [0.29, 0.717) is 30.0 Å². The number of hydrogen-bond acceptors (Lipinski definition) is 6. The minimum absolute atomic E-state index is 0.0243. The van der Waals surface area contributed by atoms with Gasteiger partial charge in [0, 0.05) is 34.0 Å². The summed E-state index contributed by atoms with van der Waals surface area (Å²) in [5.41, 5.74) is 4.17. The number of nitrogens with zero attached hydrogens (tertiary/aromatic N) is 3. The monoisotopic (exact) mass is 687 g/mol. The molecular weight excluding hydrogens is 647 g/mol. The van der Waals surface area contributed by atoms with Crippen LogP contribution in [0.1, 0.15) is 47.8 Å².